The van der Waals surface area contributed by atoms with Gasteiger partial charge in [0.25, 0.3) is 0 Å². The summed E-state index contributed by atoms with van der Waals surface area (Å²) in [5.41, 5.74) is 3.95. The number of cyclic esters (lactones) is 2. The third kappa shape index (κ3) is 3.00. The minimum atomic E-state index is -0.621. The monoisotopic (exact) mass is 341 g/mol. The van der Waals surface area contributed by atoms with Crippen LogP contribution in [0.2, 0.25) is 0 Å². The van der Waals surface area contributed by atoms with Crippen molar-refractivity contribution in [2.75, 3.05) is 4.90 Å². The normalized spacial score (nSPS) is 13.3. The molecule has 26 heavy (non-hydrogen) atoms. The molecule has 0 bridgehead atoms. The van der Waals surface area contributed by atoms with Crippen LogP contribution in [0, 0.1) is 0 Å². The number of benzene rings is 3. The summed E-state index contributed by atoms with van der Waals surface area (Å²) in [5.74, 6) is -1.23. The third-order valence-corrected chi connectivity index (χ3v) is 4.14. The highest BCUT2D eigenvalue weighted by Gasteiger charge is 2.25. The molecule has 0 aliphatic carbocycles. The fourth-order valence-electron chi connectivity index (χ4n) is 2.95. The predicted octanol–water partition coefficient (Wildman–Crippen LogP) is 4.62. The number of para-hydroxylation sites is 2. The van der Waals surface area contributed by atoms with E-state index in [-0.39, 0.29) is 5.57 Å². The van der Waals surface area contributed by atoms with Gasteiger partial charge in [-0.3, -0.25) is 0 Å². The van der Waals surface area contributed by atoms with Crippen molar-refractivity contribution in [3.05, 3.63) is 96.6 Å². The summed E-state index contributed by atoms with van der Waals surface area (Å²) in [6.45, 7) is 0. The van der Waals surface area contributed by atoms with E-state index in [0.717, 1.165) is 17.1 Å². The van der Waals surface area contributed by atoms with E-state index in [0.29, 0.717) is 5.56 Å². The molecule has 1 aliphatic heterocycles. The lowest BCUT2D eigenvalue weighted by atomic mass is 10.1. The maximum absolute atomic E-state index is 11.7. The first-order valence-electron chi connectivity index (χ1n) is 8.21. The third-order valence-electron chi connectivity index (χ3n) is 4.14. The lowest BCUT2D eigenvalue weighted by molar-refractivity contribution is -0.149. The molecule has 126 valence electrons. The summed E-state index contributed by atoms with van der Waals surface area (Å²) >= 11 is 0. The molecule has 4 heteroatoms. The molecule has 4 nitrogen and oxygen atoms in total. The zero-order valence-electron chi connectivity index (χ0n) is 13.8. The van der Waals surface area contributed by atoms with E-state index in [1.54, 1.807) is 0 Å². The van der Waals surface area contributed by atoms with Gasteiger partial charge in [-0.15, -0.1) is 0 Å². The van der Waals surface area contributed by atoms with E-state index < -0.39 is 11.9 Å². The largest absolute Gasteiger partial charge is 0.386 e. The molecule has 1 heterocycles. The van der Waals surface area contributed by atoms with Crippen LogP contribution in [0.15, 0.2) is 91.0 Å². The van der Waals surface area contributed by atoms with Gasteiger partial charge in [0.2, 0.25) is 0 Å². The number of carbonyl (C=O) groups is 2. The van der Waals surface area contributed by atoms with Crippen LogP contribution in [0.25, 0.3) is 5.57 Å². The van der Waals surface area contributed by atoms with Gasteiger partial charge in [-0.2, -0.15) is 0 Å². The van der Waals surface area contributed by atoms with Crippen LogP contribution in [0.4, 0.5) is 17.1 Å². The molecule has 0 amide bonds. The minimum absolute atomic E-state index is 0.285. The average molecular weight is 341 g/mol. The molecule has 0 radical (unpaired) electrons. The van der Waals surface area contributed by atoms with E-state index >= 15 is 0 Å². The zero-order chi connectivity index (χ0) is 17.9. The van der Waals surface area contributed by atoms with Crippen molar-refractivity contribution in [1.82, 2.24) is 0 Å². The minimum Gasteiger partial charge on any atom is -0.386 e. The summed E-state index contributed by atoms with van der Waals surface area (Å²) in [5, 5.41) is 0. The van der Waals surface area contributed by atoms with Crippen LogP contribution < -0.4 is 4.90 Å². The number of carbonyl (C=O) groups excluding carboxylic acids is 2. The molecule has 1 aliphatic rings. The van der Waals surface area contributed by atoms with Crippen LogP contribution >= 0.6 is 0 Å². The van der Waals surface area contributed by atoms with E-state index in [4.69, 9.17) is 0 Å². The molecule has 0 unspecified atom stereocenters. The molecule has 4 rings (SSSR count). The molecule has 0 saturated heterocycles. The second-order valence-corrected chi connectivity index (χ2v) is 5.82. The van der Waals surface area contributed by atoms with Crippen LogP contribution in [0.3, 0.4) is 0 Å². The van der Waals surface area contributed by atoms with Crippen molar-refractivity contribution < 1.29 is 14.3 Å². The quantitative estimate of drug-likeness (QED) is 0.513. The van der Waals surface area contributed by atoms with Gasteiger partial charge in [0.15, 0.2) is 0 Å². The van der Waals surface area contributed by atoms with Gasteiger partial charge in [0.05, 0.1) is 5.57 Å². The predicted molar refractivity (Wildman–Crippen MR) is 100 cm³/mol. The smallest absolute Gasteiger partial charge is 0.346 e. The van der Waals surface area contributed by atoms with Crippen molar-refractivity contribution in [3.8, 4) is 0 Å². The van der Waals surface area contributed by atoms with Crippen molar-refractivity contribution in [2.45, 2.75) is 0 Å². The Hall–Kier alpha value is -3.66. The van der Waals surface area contributed by atoms with Gasteiger partial charge in [-0.1, -0.05) is 48.5 Å². The SMILES string of the molecule is O=C1C=C(c2ccc(N(c3ccccc3)c3ccccc3)cc2)C(=O)O1. The standard InChI is InChI=1S/C22H15NO3/c24-21-15-20(22(25)26-21)16-11-13-19(14-12-16)23(17-7-3-1-4-8-17)18-9-5-2-6-10-18/h1-15H. The Balaban J connectivity index is 1.74. The number of rotatable bonds is 4. The molecule has 0 spiro atoms. The Morgan fingerprint density at radius 1 is 0.615 bits per heavy atom. The van der Waals surface area contributed by atoms with Crippen molar-refractivity contribution in [3.63, 3.8) is 0 Å². The van der Waals surface area contributed by atoms with Gasteiger partial charge >= 0.3 is 11.9 Å². The van der Waals surface area contributed by atoms with Crippen molar-refractivity contribution >= 4 is 34.6 Å². The van der Waals surface area contributed by atoms with Crippen LogP contribution in [0.1, 0.15) is 5.56 Å². The van der Waals surface area contributed by atoms with Gasteiger partial charge in [-0.25, -0.2) is 9.59 Å². The molecule has 3 aromatic rings. The summed E-state index contributed by atoms with van der Waals surface area (Å²) in [7, 11) is 0. The molecule has 0 atom stereocenters. The average Bonchev–Trinajstić information content (AvgIpc) is 3.02. The molecular formula is C22H15NO3. The van der Waals surface area contributed by atoms with Crippen LogP contribution in [0.5, 0.6) is 0 Å². The van der Waals surface area contributed by atoms with E-state index in [9.17, 15) is 9.59 Å². The summed E-state index contributed by atoms with van der Waals surface area (Å²) in [4.78, 5) is 25.1. The maximum Gasteiger partial charge on any atom is 0.346 e. The first-order chi connectivity index (χ1) is 12.7. The van der Waals surface area contributed by atoms with Gasteiger partial charge in [-0.05, 0) is 42.0 Å². The number of ether oxygens (including phenoxy) is 1. The molecule has 3 aromatic carbocycles. The second kappa shape index (κ2) is 6.69. The molecule has 0 aromatic heterocycles. The highest BCUT2D eigenvalue weighted by atomic mass is 16.6. The summed E-state index contributed by atoms with van der Waals surface area (Å²) in [6, 6.07) is 27.6. The summed E-state index contributed by atoms with van der Waals surface area (Å²) < 4.78 is 4.56. The first-order valence-corrected chi connectivity index (χ1v) is 8.21. The van der Waals surface area contributed by atoms with Crippen molar-refractivity contribution in [2.24, 2.45) is 0 Å². The fourth-order valence-corrected chi connectivity index (χ4v) is 2.95. The fraction of sp³-hybridized carbons (Fsp3) is 0. The highest BCUT2D eigenvalue weighted by molar-refractivity contribution is 6.28. The Morgan fingerprint density at radius 3 is 1.58 bits per heavy atom. The van der Waals surface area contributed by atoms with Crippen molar-refractivity contribution in [1.29, 1.82) is 0 Å². The van der Waals surface area contributed by atoms with Gasteiger partial charge < -0.3 is 9.64 Å². The lowest BCUT2D eigenvalue weighted by Gasteiger charge is -2.25. The second-order valence-electron chi connectivity index (χ2n) is 5.82. The highest BCUT2D eigenvalue weighted by Crippen LogP contribution is 2.35. The number of anilines is 3. The number of esters is 2. The van der Waals surface area contributed by atoms with Gasteiger partial charge in [0, 0.05) is 23.1 Å². The van der Waals surface area contributed by atoms with E-state index in [1.807, 2.05) is 84.9 Å². The van der Waals surface area contributed by atoms with Gasteiger partial charge in [0.1, 0.15) is 0 Å². The molecule has 0 N–H and O–H groups in total. The Kier molecular flexibility index (Phi) is 4.07. The summed E-state index contributed by atoms with van der Waals surface area (Å²) in [6.07, 6.45) is 1.23. The molecule has 0 saturated carbocycles. The number of hydrogen-bond donors (Lipinski definition) is 0. The Bertz CT molecular complexity index is 937. The maximum atomic E-state index is 11.7. The lowest BCUT2D eigenvalue weighted by Crippen LogP contribution is -2.09. The first kappa shape index (κ1) is 15.8. The number of hydrogen-bond acceptors (Lipinski definition) is 4. The molecule has 0 fully saturated rings. The van der Waals surface area contributed by atoms with Crippen LogP contribution in [-0.2, 0) is 14.3 Å². The Labute approximate surface area is 151 Å². The topological polar surface area (TPSA) is 46.6 Å². The van der Waals surface area contributed by atoms with Crippen LogP contribution in [-0.4, -0.2) is 11.9 Å². The zero-order valence-corrected chi connectivity index (χ0v) is 13.8. The van der Waals surface area contributed by atoms with E-state index in [2.05, 4.69) is 9.64 Å². The number of nitrogens with zero attached hydrogens (tertiary/aromatic N) is 1. The van der Waals surface area contributed by atoms with E-state index in [1.165, 1.54) is 6.08 Å². The Morgan fingerprint density at radius 2 is 1.12 bits per heavy atom. The molecular weight excluding hydrogens is 326 g/mol.